The monoisotopic (exact) mass is 311 g/mol. The topological polar surface area (TPSA) is 55.4 Å². The molecule has 0 aliphatic carbocycles. The highest BCUT2D eigenvalue weighted by atomic mass is 16.5. The number of benzene rings is 2. The molecule has 120 valence electrons. The molecule has 1 amide bonds. The molecule has 0 saturated heterocycles. The van der Waals surface area contributed by atoms with Gasteiger partial charge in [-0.15, -0.1) is 0 Å². The van der Waals surface area contributed by atoms with Crippen LogP contribution in [-0.2, 0) is 11.3 Å². The molecule has 4 heteroatoms. The fourth-order valence-corrected chi connectivity index (χ4v) is 2.28. The van der Waals surface area contributed by atoms with E-state index in [2.05, 4.69) is 5.32 Å². The Morgan fingerprint density at radius 3 is 2.30 bits per heavy atom. The number of alkyl carbamates (subject to hydrolysis) is 1. The van der Waals surface area contributed by atoms with Crippen LogP contribution in [-0.4, -0.2) is 18.4 Å². The van der Waals surface area contributed by atoms with E-state index in [9.17, 15) is 9.59 Å². The van der Waals surface area contributed by atoms with Crippen LogP contribution in [0.25, 0.3) is 0 Å². The molecule has 0 aliphatic rings. The zero-order valence-corrected chi connectivity index (χ0v) is 13.7. The smallest absolute Gasteiger partial charge is 0.407 e. The summed E-state index contributed by atoms with van der Waals surface area (Å²) in [5.41, 5.74) is 4.66. The summed E-state index contributed by atoms with van der Waals surface area (Å²) in [6, 6.07) is 13.2. The molecule has 0 unspecified atom stereocenters. The highest BCUT2D eigenvalue weighted by molar-refractivity contribution is 6.00. The molecular weight excluding hydrogens is 290 g/mol. The lowest BCUT2D eigenvalue weighted by Gasteiger charge is -2.10. The minimum absolute atomic E-state index is 0.0725. The summed E-state index contributed by atoms with van der Waals surface area (Å²) >= 11 is 0. The lowest BCUT2D eigenvalue weighted by atomic mass is 9.98. The molecule has 0 spiro atoms. The largest absolute Gasteiger partial charge is 0.445 e. The first kappa shape index (κ1) is 16.7. The number of amides is 1. The van der Waals surface area contributed by atoms with Crippen LogP contribution in [0.5, 0.6) is 0 Å². The van der Waals surface area contributed by atoms with Crippen molar-refractivity contribution in [3.05, 3.63) is 70.3 Å². The molecule has 0 fully saturated rings. The summed E-state index contributed by atoms with van der Waals surface area (Å²) in [5, 5.41) is 2.50. The molecule has 0 heterocycles. The Balaban J connectivity index is 1.87. The maximum Gasteiger partial charge on any atom is 0.407 e. The average Bonchev–Trinajstić information content (AvgIpc) is 2.55. The SMILES string of the molecule is Cc1cc(C)c(C(=O)CNC(=O)OCc2ccccc2)cc1C. The van der Waals surface area contributed by atoms with E-state index < -0.39 is 6.09 Å². The average molecular weight is 311 g/mol. The molecule has 0 aliphatic heterocycles. The number of hydrogen-bond donors (Lipinski definition) is 1. The Bertz CT molecular complexity index is 708. The van der Waals surface area contributed by atoms with E-state index in [-0.39, 0.29) is 18.9 Å². The molecule has 2 rings (SSSR count). The van der Waals surface area contributed by atoms with Crippen molar-refractivity contribution in [1.82, 2.24) is 5.32 Å². The first-order valence-corrected chi connectivity index (χ1v) is 7.53. The van der Waals surface area contributed by atoms with Crippen molar-refractivity contribution in [2.24, 2.45) is 0 Å². The van der Waals surface area contributed by atoms with Gasteiger partial charge in [0.15, 0.2) is 5.78 Å². The Morgan fingerprint density at radius 1 is 0.957 bits per heavy atom. The number of aryl methyl sites for hydroxylation is 3. The second-order valence-electron chi connectivity index (χ2n) is 5.59. The van der Waals surface area contributed by atoms with Gasteiger partial charge in [0.1, 0.15) is 6.61 Å². The van der Waals surface area contributed by atoms with Crippen molar-refractivity contribution < 1.29 is 14.3 Å². The zero-order chi connectivity index (χ0) is 16.8. The van der Waals surface area contributed by atoms with Crippen molar-refractivity contribution in [1.29, 1.82) is 0 Å². The number of ketones is 1. The van der Waals surface area contributed by atoms with Crippen LogP contribution >= 0.6 is 0 Å². The van der Waals surface area contributed by atoms with Crippen LogP contribution in [0, 0.1) is 20.8 Å². The third-order valence-corrected chi connectivity index (χ3v) is 3.75. The second-order valence-corrected chi connectivity index (χ2v) is 5.59. The Labute approximate surface area is 136 Å². The molecule has 23 heavy (non-hydrogen) atoms. The minimum atomic E-state index is -0.594. The molecule has 2 aromatic rings. The second kappa shape index (κ2) is 7.58. The van der Waals surface area contributed by atoms with Gasteiger partial charge in [-0.3, -0.25) is 4.79 Å². The molecule has 0 saturated carbocycles. The number of rotatable bonds is 5. The standard InChI is InChI=1S/C19H21NO3/c1-13-9-15(3)17(10-14(13)2)18(21)11-20-19(22)23-12-16-7-5-4-6-8-16/h4-10H,11-12H2,1-3H3,(H,20,22). The van der Waals surface area contributed by atoms with Gasteiger partial charge < -0.3 is 10.1 Å². The summed E-state index contributed by atoms with van der Waals surface area (Å²) < 4.78 is 5.09. The van der Waals surface area contributed by atoms with Crippen LogP contribution in [0.2, 0.25) is 0 Å². The van der Waals surface area contributed by atoms with Gasteiger partial charge in [-0.05, 0) is 49.1 Å². The number of carbonyl (C=O) groups excluding carboxylic acids is 2. The fourth-order valence-electron chi connectivity index (χ4n) is 2.28. The van der Waals surface area contributed by atoms with Gasteiger partial charge in [-0.25, -0.2) is 4.79 Å². The summed E-state index contributed by atoms with van der Waals surface area (Å²) in [4.78, 5) is 23.9. The van der Waals surface area contributed by atoms with E-state index >= 15 is 0 Å². The molecule has 1 N–H and O–H groups in total. The molecule has 2 aromatic carbocycles. The number of ether oxygens (including phenoxy) is 1. The zero-order valence-electron chi connectivity index (χ0n) is 13.7. The predicted molar refractivity (Wildman–Crippen MR) is 89.6 cm³/mol. The highest BCUT2D eigenvalue weighted by Gasteiger charge is 2.12. The van der Waals surface area contributed by atoms with Crippen molar-refractivity contribution in [3.8, 4) is 0 Å². The predicted octanol–water partition coefficient (Wildman–Crippen LogP) is 3.72. The van der Waals surface area contributed by atoms with Gasteiger partial charge in [0, 0.05) is 5.56 Å². The summed E-state index contributed by atoms with van der Waals surface area (Å²) in [6.07, 6.45) is -0.594. The number of nitrogens with one attached hydrogen (secondary N) is 1. The van der Waals surface area contributed by atoms with Crippen LogP contribution < -0.4 is 5.32 Å². The maximum atomic E-state index is 12.2. The van der Waals surface area contributed by atoms with E-state index in [0.29, 0.717) is 5.56 Å². The lowest BCUT2D eigenvalue weighted by molar-refractivity contribution is 0.0973. The number of carbonyl (C=O) groups is 2. The Kier molecular flexibility index (Phi) is 5.52. The minimum Gasteiger partial charge on any atom is -0.445 e. The molecular formula is C19H21NO3. The van der Waals surface area contributed by atoms with E-state index in [4.69, 9.17) is 4.74 Å². The summed E-state index contributed by atoms with van der Waals surface area (Å²) in [7, 11) is 0. The number of Topliss-reactive ketones (excluding diaryl/α,β-unsaturated/α-hetero) is 1. The van der Waals surface area contributed by atoms with Gasteiger partial charge in [0.05, 0.1) is 6.54 Å². The van der Waals surface area contributed by atoms with Gasteiger partial charge in [0.25, 0.3) is 0 Å². The molecule has 4 nitrogen and oxygen atoms in total. The summed E-state index contributed by atoms with van der Waals surface area (Å²) in [6.45, 7) is 5.98. The van der Waals surface area contributed by atoms with E-state index in [0.717, 1.165) is 22.3 Å². The fraction of sp³-hybridized carbons (Fsp3) is 0.263. The van der Waals surface area contributed by atoms with Crippen LogP contribution in [0.3, 0.4) is 0 Å². The van der Waals surface area contributed by atoms with Gasteiger partial charge in [-0.2, -0.15) is 0 Å². The van der Waals surface area contributed by atoms with Gasteiger partial charge in [0.2, 0.25) is 0 Å². The highest BCUT2D eigenvalue weighted by Crippen LogP contribution is 2.15. The molecule has 0 aromatic heterocycles. The van der Waals surface area contributed by atoms with Crippen LogP contribution in [0.15, 0.2) is 42.5 Å². The quantitative estimate of drug-likeness (QED) is 0.856. The maximum absolute atomic E-state index is 12.2. The van der Waals surface area contributed by atoms with Gasteiger partial charge in [-0.1, -0.05) is 36.4 Å². The van der Waals surface area contributed by atoms with Crippen molar-refractivity contribution in [2.75, 3.05) is 6.54 Å². The first-order chi connectivity index (χ1) is 11.0. The molecule has 0 radical (unpaired) electrons. The van der Waals surface area contributed by atoms with E-state index in [1.165, 1.54) is 0 Å². The third-order valence-electron chi connectivity index (χ3n) is 3.75. The third kappa shape index (κ3) is 4.68. The summed E-state index contributed by atoms with van der Waals surface area (Å²) in [5.74, 6) is -0.123. The normalized spacial score (nSPS) is 10.2. The lowest BCUT2D eigenvalue weighted by Crippen LogP contribution is -2.30. The molecule has 0 atom stereocenters. The molecule has 0 bridgehead atoms. The Morgan fingerprint density at radius 2 is 1.61 bits per heavy atom. The van der Waals surface area contributed by atoms with Crippen LogP contribution in [0.4, 0.5) is 4.79 Å². The van der Waals surface area contributed by atoms with Crippen molar-refractivity contribution in [3.63, 3.8) is 0 Å². The number of hydrogen-bond acceptors (Lipinski definition) is 3. The van der Waals surface area contributed by atoms with Crippen molar-refractivity contribution >= 4 is 11.9 Å². The van der Waals surface area contributed by atoms with Gasteiger partial charge >= 0.3 is 6.09 Å². The first-order valence-electron chi connectivity index (χ1n) is 7.53. The van der Waals surface area contributed by atoms with E-state index in [1.807, 2.05) is 63.2 Å². The van der Waals surface area contributed by atoms with Crippen LogP contribution in [0.1, 0.15) is 32.6 Å². The Hall–Kier alpha value is -2.62. The van der Waals surface area contributed by atoms with Crippen molar-refractivity contribution in [2.45, 2.75) is 27.4 Å². The van der Waals surface area contributed by atoms with E-state index in [1.54, 1.807) is 0 Å².